The van der Waals surface area contributed by atoms with E-state index in [2.05, 4.69) is 5.32 Å². The molecule has 0 saturated heterocycles. The van der Waals surface area contributed by atoms with Gasteiger partial charge in [-0.15, -0.1) is 0 Å². The molecule has 2 rings (SSSR count). The fourth-order valence-electron chi connectivity index (χ4n) is 1.59. The molecule has 0 aliphatic rings. The van der Waals surface area contributed by atoms with Gasteiger partial charge in [0.15, 0.2) is 6.20 Å². The van der Waals surface area contributed by atoms with E-state index in [0.29, 0.717) is 15.5 Å². The van der Waals surface area contributed by atoms with Crippen molar-refractivity contribution in [2.75, 3.05) is 5.75 Å². The lowest BCUT2D eigenvalue weighted by atomic mass is 10.4. The van der Waals surface area contributed by atoms with E-state index in [-0.39, 0.29) is 5.75 Å². The molecule has 0 atom stereocenters. The first-order valence-corrected chi connectivity index (χ1v) is 6.83. The minimum atomic E-state index is -0.453. The zero-order valence-electron chi connectivity index (χ0n) is 10.8. The van der Waals surface area contributed by atoms with Gasteiger partial charge in [0.1, 0.15) is 5.69 Å². The van der Waals surface area contributed by atoms with E-state index in [4.69, 9.17) is 0 Å². The predicted molar refractivity (Wildman–Crippen MR) is 74.0 cm³/mol. The number of pyridine rings is 1. The average Bonchev–Trinajstić information content (AvgIpc) is 2.84. The first-order chi connectivity index (χ1) is 9.58. The third kappa shape index (κ3) is 3.39. The Morgan fingerprint density at radius 1 is 1.35 bits per heavy atom. The van der Waals surface area contributed by atoms with Gasteiger partial charge in [-0.2, -0.15) is 4.73 Å². The van der Waals surface area contributed by atoms with Gasteiger partial charge < -0.3 is 9.77 Å². The monoisotopic (exact) mass is 291 g/mol. The normalized spacial score (nSPS) is 10.2. The summed E-state index contributed by atoms with van der Waals surface area (Å²) >= 11 is 1.08. The highest BCUT2D eigenvalue weighted by atomic mass is 32.2. The number of carbonyl (C=O) groups excluding carboxylic acids is 2. The van der Waals surface area contributed by atoms with E-state index < -0.39 is 11.8 Å². The highest BCUT2D eigenvalue weighted by molar-refractivity contribution is 7.99. The molecule has 104 valence electrons. The number of imide groups is 1. The summed E-state index contributed by atoms with van der Waals surface area (Å²) in [5, 5.41) is 14.1. The number of rotatable bonds is 4. The van der Waals surface area contributed by atoms with Gasteiger partial charge in [0.05, 0.1) is 5.75 Å². The second-order valence-electron chi connectivity index (χ2n) is 4.03. The van der Waals surface area contributed by atoms with Crippen LogP contribution in [0.5, 0.6) is 0 Å². The van der Waals surface area contributed by atoms with Crippen LogP contribution in [-0.2, 0) is 11.8 Å². The molecule has 0 saturated carbocycles. The van der Waals surface area contributed by atoms with E-state index in [0.717, 1.165) is 11.8 Å². The first-order valence-electron chi connectivity index (χ1n) is 5.84. The van der Waals surface area contributed by atoms with Crippen molar-refractivity contribution in [2.24, 2.45) is 7.05 Å². The van der Waals surface area contributed by atoms with Gasteiger partial charge in [0, 0.05) is 25.4 Å². The van der Waals surface area contributed by atoms with E-state index in [9.17, 15) is 14.8 Å². The van der Waals surface area contributed by atoms with Gasteiger partial charge in [-0.25, -0.2) is 0 Å². The van der Waals surface area contributed by atoms with Crippen LogP contribution in [0.4, 0.5) is 0 Å². The molecule has 0 radical (unpaired) electrons. The van der Waals surface area contributed by atoms with Gasteiger partial charge in [-0.05, 0) is 30.0 Å². The van der Waals surface area contributed by atoms with E-state index in [1.165, 1.54) is 6.20 Å². The van der Waals surface area contributed by atoms with Crippen molar-refractivity contribution in [2.45, 2.75) is 5.03 Å². The lowest BCUT2D eigenvalue weighted by molar-refractivity contribution is -0.645. The van der Waals surface area contributed by atoms with E-state index in [1.807, 2.05) is 0 Å². The number of hydrogen-bond donors (Lipinski definition) is 1. The molecule has 6 nitrogen and oxygen atoms in total. The number of nitrogens with zero attached hydrogens (tertiary/aromatic N) is 2. The lowest BCUT2D eigenvalue weighted by Crippen LogP contribution is -2.34. The van der Waals surface area contributed by atoms with Gasteiger partial charge >= 0.3 is 0 Å². The lowest BCUT2D eigenvalue weighted by Gasteiger charge is -2.05. The van der Waals surface area contributed by atoms with Crippen LogP contribution in [0.25, 0.3) is 0 Å². The number of thioether (sulfide) groups is 1. The van der Waals surface area contributed by atoms with Crippen LogP contribution in [0, 0.1) is 5.21 Å². The number of hydrogen-bond acceptors (Lipinski definition) is 4. The summed E-state index contributed by atoms with van der Waals surface area (Å²) in [5.74, 6) is -0.890. The van der Waals surface area contributed by atoms with Gasteiger partial charge in [-0.1, -0.05) is 0 Å². The predicted octanol–water partition coefficient (Wildman–Crippen LogP) is 0.707. The highest BCUT2D eigenvalue weighted by Gasteiger charge is 2.14. The zero-order chi connectivity index (χ0) is 14.5. The second kappa shape index (κ2) is 6.25. The smallest absolute Gasteiger partial charge is 0.274 e. The third-order valence-corrected chi connectivity index (χ3v) is 3.59. The van der Waals surface area contributed by atoms with E-state index in [1.54, 1.807) is 48.1 Å². The van der Waals surface area contributed by atoms with Crippen molar-refractivity contribution in [1.82, 2.24) is 9.88 Å². The fourth-order valence-corrected chi connectivity index (χ4v) is 2.30. The molecule has 0 aliphatic heterocycles. The van der Waals surface area contributed by atoms with Crippen molar-refractivity contribution in [1.29, 1.82) is 0 Å². The Bertz CT molecular complexity index is 639. The Balaban J connectivity index is 1.89. The van der Waals surface area contributed by atoms with Crippen LogP contribution in [0.2, 0.25) is 0 Å². The minimum absolute atomic E-state index is 0.00240. The Kier molecular flexibility index (Phi) is 4.41. The molecular weight excluding hydrogens is 278 g/mol. The summed E-state index contributed by atoms with van der Waals surface area (Å²) in [4.78, 5) is 23.5. The van der Waals surface area contributed by atoms with Crippen LogP contribution in [0.15, 0.2) is 47.8 Å². The average molecular weight is 291 g/mol. The summed E-state index contributed by atoms with van der Waals surface area (Å²) < 4.78 is 2.30. The minimum Gasteiger partial charge on any atom is -0.618 e. The Morgan fingerprint density at radius 3 is 2.80 bits per heavy atom. The largest absolute Gasteiger partial charge is 0.618 e. The molecule has 0 aliphatic carbocycles. The molecule has 7 heteroatoms. The molecular formula is C13H13N3O3S. The van der Waals surface area contributed by atoms with Crippen molar-refractivity contribution < 1.29 is 14.3 Å². The molecule has 0 spiro atoms. The van der Waals surface area contributed by atoms with Gasteiger partial charge in [0.2, 0.25) is 5.91 Å². The van der Waals surface area contributed by atoms with Crippen molar-refractivity contribution in [3.8, 4) is 0 Å². The maximum atomic E-state index is 11.8. The Morgan fingerprint density at radius 2 is 2.15 bits per heavy atom. The number of carbonyl (C=O) groups is 2. The number of aromatic nitrogens is 2. The van der Waals surface area contributed by atoms with Crippen LogP contribution in [0.1, 0.15) is 10.5 Å². The SMILES string of the molecule is Cn1cccc1C(=O)NC(=O)CSc1cccc[n+]1[O-]. The standard InChI is InChI=1S/C13H13N3O3S/c1-15-7-4-5-10(15)13(18)14-11(17)9-20-12-6-2-3-8-16(12)19/h2-8H,9H2,1H3,(H,14,17,18). The summed E-state index contributed by atoms with van der Waals surface area (Å²) in [6.07, 6.45) is 3.08. The molecule has 0 unspecified atom stereocenters. The summed E-state index contributed by atoms with van der Waals surface area (Å²) in [6.45, 7) is 0. The Labute approximate surface area is 120 Å². The van der Waals surface area contributed by atoms with Gasteiger partial charge in [-0.3, -0.25) is 14.9 Å². The number of amides is 2. The molecule has 2 aromatic heterocycles. The van der Waals surface area contributed by atoms with Crippen LogP contribution >= 0.6 is 11.8 Å². The fraction of sp³-hybridized carbons (Fsp3) is 0.154. The molecule has 0 fully saturated rings. The zero-order valence-corrected chi connectivity index (χ0v) is 11.6. The maximum Gasteiger partial charge on any atom is 0.274 e. The Hall–Kier alpha value is -2.28. The maximum absolute atomic E-state index is 11.8. The number of nitrogens with one attached hydrogen (secondary N) is 1. The summed E-state index contributed by atoms with van der Waals surface area (Å²) in [7, 11) is 1.72. The molecule has 2 amide bonds. The summed E-state index contributed by atoms with van der Waals surface area (Å²) in [5.41, 5.74) is 0.405. The first kappa shape index (κ1) is 14.1. The molecule has 0 bridgehead atoms. The van der Waals surface area contributed by atoms with Crippen LogP contribution in [-0.4, -0.2) is 22.1 Å². The number of aryl methyl sites for hydroxylation is 1. The molecule has 0 aromatic carbocycles. The molecule has 2 heterocycles. The quantitative estimate of drug-likeness (QED) is 0.511. The molecule has 2 aromatic rings. The van der Waals surface area contributed by atoms with E-state index >= 15 is 0 Å². The van der Waals surface area contributed by atoms with Gasteiger partial charge in [0.25, 0.3) is 10.9 Å². The van der Waals surface area contributed by atoms with Crippen molar-refractivity contribution >= 4 is 23.6 Å². The topological polar surface area (TPSA) is 78.0 Å². The second-order valence-corrected chi connectivity index (χ2v) is 5.03. The molecule has 1 N–H and O–H groups in total. The molecule has 20 heavy (non-hydrogen) atoms. The van der Waals surface area contributed by atoms with Crippen molar-refractivity contribution in [3.05, 3.63) is 53.6 Å². The van der Waals surface area contributed by atoms with Crippen molar-refractivity contribution in [3.63, 3.8) is 0 Å². The third-order valence-electron chi connectivity index (χ3n) is 2.57. The summed E-state index contributed by atoms with van der Waals surface area (Å²) in [6, 6.07) is 8.28. The van der Waals surface area contributed by atoms with Crippen LogP contribution in [0.3, 0.4) is 0 Å². The highest BCUT2D eigenvalue weighted by Crippen LogP contribution is 2.11. The van der Waals surface area contributed by atoms with Crippen LogP contribution < -0.4 is 10.0 Å².